The Morgan fingerprint density at radius 2 is 2.04 bits per heavy atom. The van der Waals surface area contributed by atoms with E-state index in [1.54, 1.807) is 22.0 Å². The van der Waals surface area contributed by atoms with Crippen LogP contribution in [0.5, 0.6) is 0 Å². The second-order valence-corrected chi connectivity index (χ2v) is 7.53. The molecule has 0 saturated carbocycles. The van der Waals surface area contributed by atoms with Gasteiger partial charge in [-0.25, -0.2) is 4.79 Å². The van der Waals surface area contributed by atoms with E-state index in [9.17, 15) is 14.7 Å². The summed E-state index contributed by atoms with van der Waals surface area (Å²) < 4.78 is 3.85. The Balaban J connectivity index is 2.40. The van der Waals surface area contributed by atoms with E-state index < -0.39 is 11.4 Å². The lowest BCUT2D eigenvalue weighted by Gasteiger charge is -2.11. The maximum absolute atomic E-state index is 12.5. The molecule has 130 valence electrons. The Morgan fingerprint density at radius 1 is 1.36 bits per heavy atom. The fourth-order valence-electron chi connectivity index (χ4n) is 2.90. The topological polar surface area (TPSA) is 63.2 Å². The summed E-state index contributed by atoms with van der Waals surface area (Å²) in [5, 5.41) is 11.0. The lowest BCUT2D eigenvalue weighted by Crippen LogP contribution is -2.31. The molecular formula is C18H18ClN2O3S+. The molecule has 0 atom stereocenters. The Hall–Kier alpha value is -2.18. The van der Waals surface area contributed by atoms with Crippen molar-refractivity contribution in [2.24, 2.45) is 7.05 Å². The van der Waals surface area contributed by atoms with Gasteiger partial charge in [0.1, 0.15) is 12.6 Å². The number of hydrogen-bond donors (Lipinski definition) is 1. The molecule has 0 saturated heterocycles. The number of aromatic carboxylic acids is 1. The highest BCUT2D eigenvalue weighted by atomic mass is 35.5. The van der Waals surface area contributed by atoms with E-state index in [2.05, 4.69) is 11.5 Å². The summed E-state index contributed by atoms with van der Waals surface area (Å²) in [6.45, 7) is 6.56. The Bertz CT molecular complexity index is 1080. The van der Waals surface area contributed by atoms with Gasteiger partial charge in [0.05, 0.1) is 21.0 Å². The number of thiazole rings is 1. The number of benzene rings is 1. The minimum atomic E-state index is -1.23. The highest BCUT2D eigenvalue weighted by Gasteiger charge is 2.23. The zero-order chi connectivity index (χ0) is 18.5. The number of hydrogen-bond acceptors (Lipinski definition) is 3. The summed E-state index contributed by atoms with van der Waals surface area (Å²) in [5.41, 5.74) is 1.92. The highest BCUT2D eigenvalue weighted by Crippen LogP contribution is 2.34. The fourth-order valence-corrected chi connectivity index (χ4v) is 4.34. The van der Waals surface area contributed by atoms with Crippen molar-refractivity contribution in [1.29, 1.82) is 0 Å². The van der Waals surface area contributed by atoms with Gasteiger partial charge in [0, 0.05) is 25.1 Å². The van der Waals surface area contributed by atoms with E-state index in [1.165, 1.54) is 11.1 Å². The minimum absolute atomic E-state index is 0.244. The first kappa shape index (κ1) is 17.6. The van der Waals surface area contributed by atoms with Crippen molar-refractivity contribution in [3.8, 4) is 10.6 Å². The number of rotatable bonds is 3. The average molecular weight is 378 g/mol. The van der Waals surface area contributed by atoms with Gasteiger partial charge in [-0.3, -0.25) is 4.79 Å². The predicted molar refractivity (Wildman–Crippen MR) is 99.8 cm³/mol. The van der Waals surface area contributed by atoms with Crippen LogP contribution < -0.4 is 10.00 Å². The molecule has 0 spiro atoms. The molecule has 0 aliphatic carbocycles. The number of fused-ring (bicyclic) bond motifs is 1. The largest absolute Gasteiger partial charge is 0.477 e. The Morgan fingerprint density at radius 3 is 2.56 bits per heavy atom. The molecule has 0 bridgehead atoms. The summed E-state index contributed by atoms with van der Waals surface area (Å²) in [5.74, 6) is -1.23. The smallest absolute Gasteiger partial charge is 0.341 e. The number of aryl methyl sites for hydroxylation is 2. The summed E-state index contributed by atoms with van der Waals surface area (Å²) >= 11 is 8.11. The molecule has 0 aliphatic heterocycles. The average Bonchev–Trinajstić information content (AvgIpc) is 2.82. The van der Waals surface area contributed by atoms with Crippen LogP contribution in [0.25, 0.3) is 21.5 Å². The Kier molecular flexibility index (Phi) is 4.43. The van der Waals surface area contributed by atoms with E-state index in [-0.39, 0.29) is 5.56 Å². The van der Waals surface area contributed by atoms with E-state index >= 15 is 0 Å². The van der Waals surface area contributed by atoms with Crippen molar-refractivity contribution in [2.45, 2.75) is 27.3 Å². The van der Waals surface area contributed by atoms with Gasteiger partial charge in [0.25, 0.3) is 5.01 Å². The fraction of sp³-hybridized carbons (Fsp3) is 0.278. The molecule has 2 heterocycles. The standard InChI is InChI=1S/C18H17ClN2O3S/c1-5-21-8-13(18(23)24)16(22)12-6-14(19)11(7-15(12)21)17-20(4)9(2)10(3)25-17/h6-8H,5H2,1-4H3/p+1. The lowest BCUT2D eigenvalue weighted by molar-refractivity contribution is -0.662. The van der Waals surface area contributed by atoms with Crippen LogP contribution in [0.3, 0.4) is 0 Å². The number of aromatic nitrogens is 2. The summed E-state index contributed by atoms with van der Waals surface area (Å²) in [7, 11) is 1.98. The zero-order valence-electron chi connectivity index (χ0n) is 14.4. The van der Waals surface area contributed by atoms with Gasteiger partial charge in [-0.15, -0.1) is 0 Å². The van der Waals surface area contributed by atoms with Crippen molar-refractivity contribution in [1.82, 2.24) is 4.57 Å². The molecule has 0 radical (unpaired) electrons. The number of carboxylic acid groups (broad SMARTS) is 1. The predicted octanol–water partition coefficient (Wildman–Crippen LogP) is 3.54. The molecule has 2 aromatic heterocycles. The van der Waals surface area contributed by atoms with Crippen LogP contribution in [0.15, 0.2) is 23.1 Å². The third-order valence-electron chi connectivity index (χ3n) is 4.54. The van der Waals surface area contributed by atoms with Crippen LogP contribution in [-0.2, 0) is 13.6 Å². The maximum atomic E-state index is 12.5. The van der Waals surface area contributed by atoms with Crippen LogP contribution in [0, 0.1) is 13.8 Å². The van der Waals surface area contributed by atoms with Crippen LogP contribution in [-0.4, -0.2) is 15.6 Å². The van der Waals surface area contributed by atoms with Gasteiger partial charge in [0.15, 0.2) is 5.69 Å². The van der Waals surface area contributed by atoms with Crippen molar-refractivity contribution < 1.29 is 14.5 Å². The van der Waals surface area contributed by atoms with E-state index in [1.807, 2.05) is 27.0 Å². The van der Waals surface area contributed by atoms with Crippen molar-refractivity contribution in [2.75, 3.05) is 0 Å². The molecule has 3 aromatic rings. The first-order valence-corrected chi connectivity index (χ1v) is 9.02. The van der Waals surface area contributed by atoms with Gasteiger partial charge < -0.3 is 9.67 Å². The lowest BCUT2D eigenvalue weighted by atomic mass is 10.1. The molecule has 0 aliphatic rings. The third-order valence-corrected chi connectivity index (χ3v) is 6.14. The molecule has 1 aromatic carbocycles. The van der Waals surface area contributed by atoms with Gasteiger partial charge >= 0.3 is 5.97 Å². The first-order chi connectivity index (χ1) is 11.8. The van der Waals surface area contributed by atoms with E-state index in [0.717, 1.165) is 16.3 Å². The zero-order valence-corrected chi connectivity index (χ0v) is 16.0. The van der Waals surface area contributed by atoms with Gasteiger partial charge in [-0.2, -0.15) is 4.57 Å². The van der Waals surface area contributed by atoms with Crippen molar-refractivity contribution in [3.63, 3.8) is 0 Å². The Labute approximate surface area is 153 Å². The van der Waals surface area contributed by atoms with Gasteiger partial charge in [-0.1, -0.05) is 22.9 Å². The number of carbonyl (C=O) groups is 1. The molecule has 25 heavy (non-hydrogen) atoms. The quantitative estimate of drug-likeness (QED) is 0.710. The van der Waals surface area contributed by atoms with Crippen LogP contribution in [0.4, 0.5) is 0 Å². The van der Waals surface area contributed by atoms with Crippen LogP contribution >= 0.6 is 22.9 Å². The third kappa shape index (κ3) is 2.75. The molecule has 0 amide bonds. The van der Waals surface area contributed by atoms with Gasteiger partial charge in [-0.05, 0) is 26.0 Å². The number of pyridine rings is 1. The molecule has 7 heteroatoms. The molecular weight excluding hydrogens is 360 g/mol. The summed E-state index contributed by atoms with van der Waals surface area (Å²) in [6.07, 6.45) is 1.40. The molecule has 0 fully saturated rings. The highest BCUT2D eigenvalue weighted by molar-refractivity contribution is 7.14. The molecule has 0 unspecified atom stereocenters. The number of halogens is 1. The number of carboxylic acids is 1. The van der Waals surface area contributed by atoms with Crippen LogP contribution in [0.2, 0.25) is 5.02 Å². The summed E-state index contributed by atoms with van der Waals surface area (Å²) in [6, 6.07) is 3.45. The normalized spacial score (nSPS) is 11.2. The molecule has 3 rings (SSSR count). The van der Waals surface area contributed by atoms with Crippen LogP contribution in [0.1, 0.15) is 27.9 Å². The minimum Gasteiger partial charge on any atom is -0.477 e. The van der Waals surface area contributed by atoms with E-state index in [4.69, 9.17) is 11.6 Å². The molecule has 5 nitrogen and oxygen atoms in total. The first-order valence-electron chi connectivity index (χ1n) is 7.82. The van der Waals surface area contributed by atoms with Crippen molar-refractivity contribution in [3.05, 3.63) is 49.7 Å². The van der Waals surface area contributed by atoms with Gasteiger partial charge in [0.2, 0.25) is 5.43 Å². The SMILES string of the molecule is CCn1cc(C(=O)O)c(=O)c2cc(Cl)c(-c3sc(C)c(C)[n+]3C)cc21. The maximum Gasteiger partial charge on any atom is 0.341 e. The second-order valence-electron chi connectivity index (χ2n) is 5.92. The second kappa shape index (κ2) is 6.28. The monoisotopic (exact) mass is 377 g/mol. The van der Waals surface area contributed by atoms with Crippen molar-refractivity contribution >= 4 is 39.8 Å². The van der Waals surface area contributed by atoms with E-state index in [0.29, 0.717) is 22.5 Å². The molecule has 1 N–H and O–H groups in total. The number of nitrogens with zero attached hydrogens (tertiary/aromatic N) is 2. The summed E-state index contributed by atoms with van der Waals surface area (Å²) in [4.78, 5) is 25.0.